The summed E-state index contributed by atoms with van der Waals surface area (Å²) in [5, 5.41) is 0. The van der Waals surface area contributed by atoms with Crippen LogP contribution in [-0.4, -0.2) is 12.4 Å². The molecule has 1 unspecified atom stereocenters. The molecular formula is C16H15F3O2. The van der Waals surface area contributed by atoms with E-state index in [1.807, 2.05) is 0 Å². The summed E-state index contributed by atoms with van der Waals surface area (Å²) in [5.74, 6) is -0.279. The van der Waals surface area contributed by atoms with Gasteiger partial charge in [-0.25, -0.2) is 0 Å². The Morgan fingerprint density at radius 2 is 1.95 bits per heavy atom. The van der Waals surface area contributed by atoms with Crippen molar-refractivity contribution in [2.45, 2.75) is 20.0 Å². The number of carbonyl (C=O) groups excluding carboxylic acids is 1. The lowest BCUT2D eigenvalue weighted by molar-refractivity contribution is -0.137. The number of hydrogen-bond donors (Lipinski definition) is 0. The minimum atomic E-state index is -4.41. The number of ketones is 1. The molecule has 0 N–H and O–H groups in total. The third kappa shape index (κ3) is 3.35. The summed E-state index contributed by atoms with van der Waals surface area (Å²) in [7, 11) is 0. The molecule has 2 rings (SSSR count). The molecule has 0 spiro atoms. The van der Waals surface area contributed by atoms with Crippen molar-refractivity contribution in [2.24, 2.45) is 5.92 Å². The SMILES string of the molecule is CCOC1=CC(=O)C(C)C(c2cccc(C(F)(F)F)c2)=C1. The van der Waals surface area contributed by atoms with Crippen LogP contribution in [0.4, 0.5) is 13.2 Å². The lowest BCUT2D eigenvalue weighted by atomic mass is 9.86. The van der Waals surface area contributed by atoms with E-state index in [0.717, 1.165) is 12.1 Å². The first-order valence-electron chi connectivity index (χ1n) is 6.60. The van der Waals surface area contributed by atoms with E-state index in [4.69, 9.17) is 4.74 Å². The maximum Gasteiger partial charge on any atom is 0.416 e. The van der Waals surface area contributed by atoms with E-state index in [9.17, 15) is 18.0 Å². The lowest BCUT2D eigenvalue weighted by Gasteiger charge is -2.20. The summed E-state index contributed by atoms with van der Waals surface area (Å²) in [4.78, 5) is 11.9. The molecule has 0 heterocycles. The van der Waals surface area contributed by atoms with E-state index < -0.39 is 17.7 Å². The van der Waals surface area contributed by atoms with Crippen LogP contribution in [0.3, 0.4) is 0 Å². The molecule has 112 valence electrons. The molecule has 0 saturated heterocycles. The van der Waals surface area contributed by atoms with Crippen LogP contribution >= 0.6 is 0 Å². The molecule has 0 aromatic heterocycles. The second-order valence-corrected chi connectivity index (χ2v) is 4.78. The van der Waals surface area contributed by atoms with Crippen LogP contribution in [0.5, 0.6) is 0 Å². The van der Waals surface area contributed by atoms with Crippen LogP contribution in [0.1, 0.15) is 25.0 Å². The van der Waals surface area contributed by atoms with E-state index >= 15 is 0 Å². The zero-order valence-electron chi connectivity index (χ0n) is 11.7. The van der Waals surface area contributed by atoms with Crippen LogP contribution in [0.2, 0.25) is 0 Å². The lowest BCUT2D eigenvalue weighted by Crippen LogP contribution is -2.16. The summed E-state index contributed by atoms with van der Waals surface area (Å²) < 4.78 is 43.6. The van der Waals surface area contributed by atoms with E-state index in [1.54, 1.807) is 26.0 Å². The third-order valence-corrected chi connectivity index (χ3v) is 3.31. The number of hydrogen-bond acceptors (Lipinski definition) is 2. The molecule has 5 heteroatoms. The highest BCUT2D eigenvalue weighted by molar-refractivity contribution is 6.03. The van der Waals surface area contributed by atoms with Crippen molar-refractivity contribution in [1.82, 2.24) is 0 Å². The first-order valence-corrected chi connectivity index (χ1v) is 6.60. The van der Waals surface area contributed by atoms with Gasteiger partial charge in [0.25, 0.3) is 0 Å². The molecule has 0 bridgehead atoms. The van der Waals surface area contributed by atoms with Gasteiger partial charge in [-0.15, -0.1) is 0 Å². The average molecular weight is 296 g/mol. The molecule has 2 nitrogen and oxygen atoms in total. The molecule has 0 amide bonds. The van der Waals surface area contributed by atoms with Gasteiger partial charge in [0, 0.05) is 12.0 Å². The van der Waals surface area contributed by atoms with Gasteiger partial charge in [-0.2, -0.15) is 13.2 Å². The summed E-state index contributed by atoms with van der Waals surface area (Å²) in [5.41, 5.74) is 0.195. The molecule has 1 aromatic rings. The molecule has 1 atom stereocenters. The first kappa shape index (κ1) is 15.4. The van der Waals surface area contributed by atoms with E-state index in [0.29, 0.717) is 23.5 Å². The Balaban J connectivity index is 2.44. The Hall–Kier alpha value is -2.04. The minimum absolute atomic E-state index is 0.173. The van der Waals surface area contributed by atoms with Gasteiger partial charge in [-0.1, -0.05) is 19.1 Å². The van der Waals surface area contributed by atoms with Gasteiger partial charge in [0.1, 0.15) is 5.76 Å². The fraction of sp³-hybridized carbons (Fsp3) is 0.312. The number of halogens is 3. The highest BCUT2D eigenvalue weighted by Gasteiger charge is 2.31. The quantitative estimate of drug-likeness (QED) is 0.834. The van der Waals surface area contributed by atoms with Crippen molar-refractivity contribution in [1.29, 1.82) is 0 Å². The molecule has 0 radical (unpaired) electrons. The molecular weight excluding hydrogens is 281 g/mol. The summed E-state index contributed by atoms with van der Waals surface area (Å²) in [6.07, 6.45) is -1.40. The minimum Gasteiger partial charge on any atom is -0.494 e. The second kappa shape index (κ2) is 5.76. The summed E-state index contributed by atoms with van der Waals surface area (Å²) in [6, 6.07) is 4.98. The van der Waals surface area contributed by atoms with Gasteiger partial charge >= 0.3 is 6.18 Å². The Bertz CT molecular complexity index is 612. The zero-order valence-corrected chi connectivity index (χ0v) is 11.7. The Morgan fingerprint density at radius 3 is 2.57 bits per heavy atom. The smallest absolute Gasteiger partial charge is 0.416 e. The number of ether oxygens (including phenoxy) is 1. The molecule has 0 saturated carbocycles. The van der Waals surface area contributed by atoms with Crippen LogP contribution in [0.25, 0.3) is 5.57 Å². The largest absolute Gasteiger partial charge is 0.494 e. The zero-order chi connectivity index (χ0) is 15.6. The van der Waals surface area contributed by atoms with Crippen LogP contribution < -0.4 is 0 Å². The predicted octanol–water partition coefficient (Wildman–Crippen LogP) is 4.23. The van der Waals surface area contributed by atoms with Crippen LogP contribution in [0.15, 0.2) is 42.2 Å². The standard InChI is InChI=1S/C16H15F3O2/c1-3-21-13-8-14(10(2)15(20)9-13)11-5-4-6-12(7-11)16(17,18)19/h4-10H,3H2,1-2H3. The first-order chi connectivity index (χ1) is 9.82. The van der Waals surface area contributed by atoms with Gasteiger partial charge in [0.05, 0.1) is 12.2 Å². The molecule has 1 aliphatic carbocycles. The number of benzene rings is 1. The number of allylic oxidation sites excluding steroid dienone is 3. The van der Waals surface area contributed by atoms with Gasteiger partial charge in [-0.05, 0) is 36.3 Å². The number of carbonyl (C=O) groups is 1. The van der Waals surface area contributed by atoms with Crippen molar-refractivity contribution in [3.05, 3.63) is 53.3 Å². The Kier molecular flexibility index (Phi) is 4.21. The maximum absolute atomic E-state index is 12.8. The van der Waals surface area contributed by atoms with Gasteiger partial charge in [0.2, 0.25) is 0 Å². The molecule has 1 aliphatic rings. The summed E-state index contributed by atoms with van der Waals surface area (Å²) in [6.45, 7) is 3.84. The number of rotatable bonds is 3. The molecule has 0 fully saturated rings. The van der Waals surface area contributed by atoms with Crippen LogP contribution in [-0.2, 0) is 15.7 Å². The van der Waals surface area contributed by atoms with Gasteiger partial charge < -0.3 is 4.74 Å². The predicted molar refractivity (Wildman–Crippen MR) is 73.3 cm³/mol. The highest BCUT2D eigenvalue weighted by Crippen LogP contribution is 2.34. The van der Waals surface area contributed by atoms with Crippen molar-refractivity contribution in [3.8, 4) is 0 Å². The molecule has 21 heavy (non-hydrogen) atoms. The monoisotopic (exact) mass is 296 g/mol. The average Bonchev–Trinajstić information content (AvgIpc) is 2.42. The van der Waals surface area contributed by atoms with Crippen molar-refractivity contribution in [3.63, 3.8) is 0 Å². The third-order valence-electron chi connectivity index (χ3n) is 3.31. The second-order valence-electron chi connectivity index (χ2n) is 4.78. The maximum atomic E-state index is 12.8. The van der Waals surface area contributed by atoms with E-state index in [1.165, 1.54) is 12.1 Å². The van der Waals surface area contributed by atoms with Gasteiger partial charge in [0.15, 0.2) is 5.78 Å². The Morgan fingerprint density at radius 1 is 1.24 bits per heavy atom. The van der Waals surface area contributed by atoms with Crippen molar-refractivity contribution >= 4 is 11.4 Å². The highest BCUT2D eigenvalue weighted by atomic mass is 19.4. The fourth-order valence-electron chi connectivity index (χ4n) is 2.20. The van der Waals surface area contributed by atoms with Crippen molar-refractivity contribution < 1.29 is 22.7 Å². The van der Waals surface area contributed by atoms with E-state index in [-0.39, 0.29) is 5.78 Å². The fourth-order valence-corrected chi connectivity index (χ4v) is 2.20. The topological polar surface area (TPSA) is 26.3 Å². The van der Waals surface area contributed by atoms with Crippen LogP contribution in [0, 0.1) is 5.92 Å². The normalized spacial score (nSPS) is 19.1. The van der Waals surface area contributed by atoms with Gasteiger partial charge in [-0.3, -0.25) is 4.79 Å². The Labute approximate surface area is 120 Å². The van der Waals surface area contributed by atoms with E-state index in [2.05, 4.69) is 0 Å². The number of alkyl halides is 3. The van der Waals surface area contributed by atoms with Crippen molar-refractivity contribution in [2.75, 3.05) is 6.61 Å². The summed E-state index contributed by atoms with van der Waals surface area (Å²) >= 11 is 0. The molecule has 1 aromatic carbocycles. The molecule has 0 aliphatic heterocycles.